The van der Waals surface area contributed by atoms with Gasteiger partial charge in [-0.15, -0.1) is 0 Å². The fraction of sp³-hybridized carbons (Fsp3) is 0.316. The van der Waals surface area contributed by atoms with Gasteiger partial charge in [0.1, 0.15) is 12.4 Å². The van der Waals surface area contributed by atoms with Crippen LogP contribution in [0.1, 0.15) is 6.42 Å². The molecule has 2 heterocycles. The van der Waals surface area contributed by atoms with Crippen LogP contribution in [0.25, 0.3) is 11.1 Å². The molecule has 24 heavy (non-hydrogen) atoms. The number of ether oxygens (including phenoxy) is 1. The van der Waals surface area contributed by atoms with Crippen molar-refractivity contribution < 1.29 is 9.84 Å². The number of benzene rings is 2. The molecular weight excluding hydrogens is 320 g/mol. The van der Waals surface area contributed by atoms with Crippen molar-refractivity contribution >= 4 is 16.9 Å². The van der Waals surface area contributed by atoms with Crippen molar-refractivity contribution in [3.63, 3.8) is 0 Å². The van der Waals surface area contributed by atoms with Crippen LogP contribution < -0.4 is 4.74 Å². The minimum atomic E-state index is -0.978. The lowest BCUT2D eigenvalue weighted by Gasteiger charge is -2.35. The molecule has 0 amide bonds. The van der Waals surface area contributed by atoms with Crippen molar-refractivity contribution in [3.05, 3.63) is 54.6 Å². The van der Waals surface area contributed by atoms with Gasteiger partial charge in [-0.2, -0.15) is 0 Å². The first-order valence-corrected chi connectivity index (χ1v) is 9.19. The van der Waals surface area contributed by atoms with Gasteiger partial charge in [0.2, 0.25) is 0 Å². The second-order valence-corrected chi connectivity index (χ2v) is 7.03. The number of fused-ring (bicyclic) bond motifs is 1. The molecule has 0 radical (unpaired) electrons. The summed E-state index contributed by atoms with van der Waals surface area (Å²) in [5.74, 6) is 1.39. The predicted octanol–water partition coefficient (Wildman–Crippen LogP) is 3.23. The van der Waals surface area contributed by atoms with E-state index in [4.69, 9.17) is 4.74 Å². The highest BCUT2D eigenvalue weighted by atomic mass is 32.2. The first-order chi connectivity index (χ1) is 11.8. The van der Waals surface area contributed by atoms with Crippen molar-refractivity contribution in [2.45, 2.75) is 12.1 Å². The molecule has 0 aromatic heterocycles. The van der Waals surface area contributed by atoms with Crippen molar-refractivity contribution in [1.29, 1.82) is 0 Å². The summed E-state index contributed by atoms with van der Waals surface area (Å²) < 4.78 is 6.07. The Morgan fingerprint density at radius 3 is 2.79 bits per heavy atom. The van der Waals surface area contributed by atoms with Gasteiger partial charge in [-0.1, -0.05) is 60.3 Å². The second kappa shape index (κ2) is 6.49. The highest BCUT2D eigenvalue weighted by Crippen LogP contribution is 2.35. The summed E-state index contributed by atoms with van der Waals surface area (Å²) in [6, 6.07) is 18.1. The van der Waals surface area contributed by atoms with Crippen LogP contribution in [-0.2, 0) is 0 Å². The number of hydrogen-bond acceptors (Lipinski definition) is 5. The molecule has 2 aliphatic heterocycles. The van der Waals surface area contributed by atoms with E-state index in [1.807, 2.05) is 47.4 Å². The van der Waals surface area contributed by atoms with Gasteiger partial charge in [-0.3, -0.25) is 4.99 Å². The Bertz CT molecular complexity index is 750. The van der Waals surface area contributed by atoms with E-state index in [9.17, 15) is 5.11 Å². The monoisotopic (exact) mass is 340 g/mol. The second-order valence-electron chi connectivity index (χ2n) is 6.09. The van der Waals surface area contributed by atoms with Gasteiger partial charge in [-0.25, -0.2) is 0 Å². The molecule has 0 spiro atoms. The van der Waals surface area contributed by atoms with Crippen LogP contribution in [0, 0.1) is 0 Å². The number of thioether (sulfide) groups is 1. The molecule has 1 fully saturated rings. The highest BCUT2D eigenvalue weighted by Gasteiger charge is 2.44. The van der Waals surface area contributed by atoms with E-state index in [-0.39, 0.29) is 6.61 Å². The van der Waals surface area contributed by atoms with Gasteiger partial charge in [0, 0.05) is 18.7 Å². The standard InChI is InChI=1S/C19H20N2O2S/c22-19(14-24-18-20-11-6-12-21(18)19)13-23-17-10-5-4-9-16(17)15-7-2-1-3-8-15/h1-5,7-10,22H,6,11-14H2. The first-order valence-electron chi connectivity index (χ1n) is 8.21. The van der Waals surface area contributed by atoms with Crippen molar-refractivity contribution in [2.24, 2.45) is 4.99 Å². The number of nitrogens with zero attached hydrogens (tertiary/aromatic N) is 2. The minimum Gasteiger partial charge on any atom is -0.488 e. The van der Waals surface area contributed by atoms with Gasteiger partial charge in [0.15, 0.2) is 10.9 Å². The number of hydrogen-bond donors (Lipinski definition) is 1. The molecule has 1 unspecified atom stereocenters. The fourth-order valence-corrected chi connectivity index (χ4v) is 4.31. The zero-order valence-corrected chi connectivity index (χ0v) is 14.2. The molecule has 0 aliphatic carbocycles. The number of rotatable bonds is 4. The Kier molecular flexibility index (Phi) is 4.21. The molecule has 4 nitrogen and oxygen atoms in total. The molecule has 1 N–H and O–H groups in total. The largest absolute Gasteiger partial charge is 0.488 e. The third-order valence-electron chi connectivity index (χ3n) is 4.38. The Hall–Kier alpha value is -1.98. The van der Waals surface area contributed by atoms with E-state index in [1.165, 1.54) is 0 Å². The minimum absolute atomic E-state index is 0.239. The maximum Gasteiger partial charge on any atom is 0.183 e. The van der Waals surface area contributed by atoms with E-state index in [0.29, 0.717) is 5.75 Å². The normalized spacial score (nSPS) is 22.9. The number of amidine groups is 1. The molecule has 2 aromatic rings. The summed E-state index contributed by atoms with van der Waals surface area (Å²) in [4.78, 5) is 6.49. The van der Waals surface area contributed by atoms with Crippen molar-refractivity contribution in [3.8, 4) is 16.9 Å². The number of aliphatic hydroxyl groups is 1. The maximum absolute atomic E-state index is 11.0. The van der Waals surface area contributed by atoms with Crippen LogP contribution in [0.3, 0.4) is 0 Å². The SMILES string of the molecule is OC1(COc2ccccc2-c2ccccc2)CSC2=NCCCN21. The molecule has 0 saturated carbocycles. The Morgan fingerprint density at radius 1 is 1.12 bits per heavy atom. The molecule has 1 saturated heterocycles. The van der Waals surface area contributed by atoms with Crippen LogP contribution >= 0.6 is 11.8 Å². The van der Waals surface area contributed by atoms with Crippen LogP contribution in [0.4, 0.5) is 0 Å². The Balaban J connectivity index is 1.55. The average Bonchev–Trinajstić information content (AvgIpc) is 2.99. The molecule has 5 heteroatoms. The lowest BCUT2D eigenvalue weighted by atomic mass is 10.0. The summed E-state index contributed by atoms with van der Waals surface area (Å²) in [6.45, 7) is 1.93. The van der Waals surface area contributed by atoms with Crippen LogP contribution in [-0.4, -0.2) is 46.3 Å². The summed E-state index contributed by atoms with van der Waals surface area (Å²) in [7, 11) is 0. The summed E-state index contributed by atoms with van der Waals surface area (Å²) in [5.41, 5.74) is 1.18. The van der Waals surface area contributed by atoms with Crippen LogP contribution in [0.2, 0.25) is 0 Å². The maximum atomic E-state index is 11.0. The zero-order chi connectivity index (χ0) is 16.4. The molecule has 2 aliphatic rings. The quantitative estimate of drug-likeness (QED) is 0.928. The Morgan fingerprint density at radius 2 is 1.92 bits per heavy atom. The zero-order valence-electron chi connectivity index (χ0n) is 13.4. The summed E-state index contributed by atoms with van der Waals surface area (Å²) in [5, 5.41) is 12.0. The van der Waals surface area contributed by atoms with E-state index >= 15 is 0 Å². The van der Waals surface area contributed by atoms with Crippen LogP contribution in [0.15, 0.2) is 59.6 Å². The van der Waals surface area contributed by atoms with Crippen molar-refractivity contribution in [2.75, 3.05) is 25.4 Å². The highest BCUT2D eigenvalue weighted by molar-refractivity contribution is 8.14. The third-order valence-corrected chi connectivity index (χ3v) is 5.60. The fourth-order valence-electron chi connectivity index (χ4n) is 3.11. The van der Waals surface area contributed by atoms with Crippen LogP contribution in [0.5, 0.6) is 5.75 Å². The Labute approximate surface area is 146 Å². The lowest BCUT2D eigenvalue weighted by Crippen LogP contribution is -2.53. The molecule has 124 valence electrons. The number of aliphatic imine (C=N–C) groups is 1. The van der Waals surface area contributed by atoms with Gasteiger partial charge in [0.05, 0.1) is 5.75 Å². The topological polar surface area (TPSA) is 45.1 Å². The molecule has 2 aromatic carbocycles. The van der Waals surface area contributed by atoms with Gasteiger partial charge < -0.3 is 14.7 Å². The van der Waals surface area contributed by atoms with Gasteiger partial charge in [-0.05, 0) is 18.1 Å². The average molecular weight is 340 g/mol. The van der Waals surface area contributed by atoms with Crippen molar-refractivity contribution in [1.82, 2.24) is 4.90 Å². The van der Waals surface area contributed by atoms with E-state index in [1.54, 1.807) is 11.8 Å². The molecule has 0 bridgehead atoms. The number of para-hydroxylation sites is 1. The summed E-state index contributed by atoms with van der Waals surface area (Å²) >= 11 is 1.61. The van der Waals surface area contributed by atoms with Gasteiger partial charge in [0.25, 0.3) is 0 Å². The predicted molar refractivity (Wildman–Crippen MR) is 98.4 cm³/mol. The molecular formula is C19H20N2O2S. The van der Waals surface area contributed by atoms with E-state index in [0.717, 1.165) is 41.6 Å². The lowest BCUT2D eigenvalue weighted by molar-refractivity contribution is -0.0750. The third kappa shape index (κ3) is 2.89. The summed E-state index contributed by atoms with van der Waals surface area (Å²) in [6.07, 6.45) is 0.979. The smallest absolute Gasteiger partial charge is 0.183 e. The van der Waals surface area contributed by atoms with E-state index < -0.39 is 5.72 Å². The van der Waals surface area contributed by atoms with E-state index in [2.05, 4.69) is 17.1 Å². The molecule has 1 atom stereocenters. The van der Waals surface area contributed by atoms with Gasteiger partial charge >= 0.3 is 0 Å². The molecule has 4 rings (SSSR count). The first kappa shape index (κ1) is 15.5.